The van der Waals surface area contributed by atoms with E-state index in [9.17, 15) is 14.4 Å². The van der Waals surface area contributed by atoms with E-state index >= 15 is 0 Å². The molecule has 1 aromatic rings. The van der Waals surface area contributed by atoms with Gasteiger partial charge in [-0.05, 0) is 30.7 Å². The van der Waals surface area contributed by atoms with Gasteiger partial charge in [0, 0.05) is 24.1 Å². The number of nitrogens with one attached hydrogen (secondary N) is 3. The van der Waals surface area contributed by atoms with Crippen LogP contribution in [0.5, 0.6) is 0 Å². The summed E-state index contributed by atoms with van der Waals surface area (Å²) in [7, 11) is 0. The Morgan fingerprint density at radius 2 is 1.60 bits per heavy atom. The number of hydrazine groups is 1. The van der Waals surface area contributed by atoms with E-state index in [1.54, 1.807) is 31.2 Å². The number of rotatable bonds is 5. The van der Waals surface area contributed by atoms with Gasteiger partial charge in [-0.2, -0.15) is 0 Å². The van der Waals surface area contributed by atoms with Gasteiger partial charge in [-0.25, -0.2) is 0 Å². The first kappa shape index (κ1) is 15.7. The third kappa shape index (κ3) is 5.09. The minimum absolute atomic E-state index is 0.0889. The summed E-state index contributed by atoms with van der Waals surface area (Å²) in [6, 6.07) is 6.42. The fourth-order valence-corrected chi connectivity index (χ4v) is 1.44. The van der Waals surface area contributed by atoms with E-state index in [0.29, 0.717) is 30.5 Å². The predicted molar refractivity (Wildman–Crippen MR) is 75.9 cm³/mol. The SMILES string of the molecule is CCCC(=O)NNC(=O)c1ccc(NC(=O)CC)cc1. The molecule has 0 saturated heterocycles. The summed E-state index contributed by atoms with van der Waals surface area (Å²) < 4.78 is 0. The number of benzene rings is 1. The average Bonchev–Trinajstić information content (AvgIpc) is 2.45. The van der Waals surface area contributed by atoms with Gasteiger partial charge in [-0.3, -0.25) is 25.2 Å². The number of hydrogen-bond donors (Lipinski definition) is 3. The van der Waals surface area contributed by atoms with Crippen molar-refractivity contribution in [3.05, 3.63) is 29.8 Å². The van der Waals surface area contributed by atoms with E-state index in [2.05, 4.69) is 16.2 Å². The molecule has 0 unspecified atom stereocenters. The van der Waals surface area contributed by atoms with Crippen LogP contribution < -0.4 is 16.2 Å². The third-order valence-corrected chi connectivity index (χ3v) is 2.54. The molecule has 0 aromatic heterocycles. The lowest BCUT2D eigenvalue weighted by Gasteiger charge is -2.08. The second-order valence-electron chi connectivity index (χ2n) is 4.23. The van der Waals surface area contributed by atoms with Crippen molar-refractivity contribution in [2.75, 3.05) is 5.32 Å². The number of amides is 3. The Kier molecular flexibility index (Phi) is 6.22. The Bertz CT molecular complexity index is 483. The highest BCUT2D eigenvalue weighted by atomic mass is 16.2. The number of carbonyl (C=O) groups excluding carboxylic acids is 3. The second-order valence-corrected chi connectivity index (χ2v) is 4.23. The summed E-state index contributed by atoms with van der Waals surface area (Å²) in [5.74, 6) is -0.718. The molecule has 0 saturated carbocycles. The van der Waals surface area contributed by atoms with E-state index < -0.39 is 5.91 Å². The topological polar surface area (TPSA) is 87.3 Å². The summed E-state index contributed by atoms with van der Waals surface area (Å²) >= 11 is 0. The van der Waals surface area contributed by atoms with E-state index in [-0.39, 0.29) is 11.8 Å². The van der Waals surface area contributed by atoms with Crippen molar-refractivity contribution in [2.45, 2.75) is 33.1 Å². The van der Waals surface area contributed by atoms with Gasteiger partial charge in [0.25, 0.3) is 5.91 Å². The van der Waals surface area contributed by atoms with Crippen LogP contribution in [0.25, 0.3) is 0 Å². The molecular weight excluding hydrogens is 258 g/mol. The van der Waals surface area contributed by atoms with Gasteiger partial charge in [-0.15, -0.1) is 0 Å². The largest absolute Gasteiger partial charge is 0.326 e. The van der Waals surface area contributed by atoms with Crippen LogP contribution in [0.2, 0.25) is 0 Å². The van der Waals surface area contributed by atoms with Crippen LogP contribution in [0.1, 0.15) is 43.5 Å². The molecule has 0 bridgehead atoms. The number of anilines is 1. The molecule has 108 valence electrons. The maximum Gasteiger partial charge on any atom is 0.269 e. The molecule has 1 rings (SSSR count). The highest BCUT2D eigenvalue weighted by molar-refractivity contribution is 5.96. The average molecular weight is 277 g/mol. The van der Waals surface area contributed by atoms with Crippen LogP contribution in [0.3, 0.4) is 0 Å². The van der Waals surface area contributed by atoms with Gasteiger partial charge < -0.3 is 5.32 Å². The highest BCUT2D eigenvalue weighted by Crippen LogP contribution is 2.09. The van der Waals surface area contributed by atoms with Crippen molar-refractivity contribution in [3.63, 3.8) is 0 Å². The van der Waals surface area contributed by atoms with Crippen molar-refractivity contribution in [1.82, 2.24) is 10.9 Å². The van der Waals surface area contributed by atoms with Gasteiger partial charge in [0.1, 0.15) is 0 Å². The maximum absolute atomic E-state index is 11.7. The molecule has 0 aliphatic heterocycles. The minimum Gasteiger partial charge on any atom is -0.326 e. The quantitative estimate of drug-likeness (QED) is 0.714. The molecule has 0 fully saturated rings. The van der Waals surface area contributed by atoms with Crippen LogP contribution >= 0.6 is 0 Å². The lowest BCUT2D eigenvalue weighted by molar-refractivity contribution is -0.122. The molecule has 0 heterocycles. The maximum atomic E-state index is 11.7. The molecule has 20 heavy (non-hydrogen) atoms. The smallest absolute Gasteiger partial charge is 0.269 e. The zero-order valence-corrected chi connectivity index (χ0v) is 11.7. The zero-order chi connectivity index (χ0) is 15.0. The lowest BCUT2D eigenvalue weighted by Crippen LogP contribution is -2.41. The van der Waals surface area contributed by atoms with Crippen molar-refractivity contribution < 1.29 is 14.4 Å². The first-order valence-electron chi connectivity index (χ1n) is 6.56. The van der Waals surface area contributed by atoms with Crippen LogP contribution in [0.15, 0.2) is 24.3 Å². The van der Waals surface area contributed by atoms with Gasteiger partial charge in [-0.1, -0.05) is 13.8 Å². The summed E-state index contributed by atoms with van der Waals surface area (Å²) in [5, 5.41) is 2.68. The van der Waals surface area contributed by atoms with Gasteiger partial charge >= 0.3 is 0 Å². The van der Waals surface area contributed by atoms with E-state index in [1.807, 2.05) is 6.92 Å². The lowest BCUT2D eigenvalue weighted by atomic mass is 10.2. The molecule has 0 spiro atoms. The van der Waals surface area contributed by atoms with Crippen LogP contribution in [0.4, 0.5) is 5.69 Å². The van der Waals surface area contributed by atoms with Crippen LogP contribution in [-0.2, 0) is 9.59 Å². The van der Waals surface area contributed by atoms with Gasteiger partial charge in [0.05, 0.1) is 0 Å². The van der Waals surface area contributed by atoms with Gasteiger partial charge in [0.2, 0.25) is 11.8 Å². The molecule has 0 atom stereocenters. The van der Waals surface area contributed by atoms with Crippen LogP contribution in [-0.4, -0.2) is 17.7 Å². The van der Waals surface area contributed by atoms with E-state index in [0.717, 1.165) is 0 Å². The van der Waals surface area contributed by atoms with Crippen molar-refractivity contribution >= 4 is 23.4 Å². The zero-order valence-electron chi connectivity index (χ0n) is 11.7. The first-order chi connectivity index (χ1) is 9.56. The highest BCUT2D eigenvalue weighted by Gasteiger charge is 2.07. The Morgan fingerprint density at radius 1 is 0.950 bits per heavy atom. The minimum atomic E-state index is -0.400. The molecule has 6 nitrogen and oxygen atoms in total. The van der Waals surface area contributed by atoms with E-state index in [4.69, 9.17) is 0 Å². The summed E-state index contributed by atoms with van der Waals surface area (Å²) in [6.45, 7) is 3.64. The Morgan fingerprint density at radius 3 is 2.15 bits per heavy atom. The Hall–Kier alpha value is -2.37. The van der Waals surface area contributed by atoms with Crippen LogP contribution in [0, 0.1) is 0 Å². The molecular formula is C14H19N3O3. The molecule has 0 radical (unpaired) electrons. The second kappa shape index (κ2) is 7.93. The summed E-state index contributed by atoms with van der Waals surface area (Å²) in [6.07, 6.45) is 1.47. The standard InChI is InChI=1S/C14H19N3O3/c1-3-5-13(19)16-17-14(20)10-6-8-11(9-7-10)15-12(18)4-2/h6-9H,3-5H2,1-2H3,(H,15,18)(H,16,19)(H,17,20). The predicted octanol–water partition coefficient (Wildman–Crippen LogP) is 1.60. The summed E-state index contributed by atoms with van der Waals surface area (Å²) in [5.41, 5.74) is 5.69. The van der Waals surface area contributed by atoms with Crippen molar-refractivity contribution in [2.24, 2.45) is 0 Å². The first-order valence-corrected chi connectivity index (χ1v) is 6.56. The Labute approximate surface area is 117 Å². The number of carbonyl (C=O) groups is 3. The summed E-state index contributed by atoms with van der Waals surface area (Å²) in [4.78, 5) is 34.1. The van der Waals surface area contributed by atoms with Crippen molar-refractivity contribution in [3.8, 4) is 0 Å². The molecule has 3 amide bonds. The molecule has 1 aromatic carbocycles. The van der Waals surface area contributed by atoms with Gasteiger partial charge in [0.15, 0.2) is 0 Å². The van der Waals surface area contributed by atoms with E-state index in [1.165, 1.54) is 0 Å². The third-order valence-electron chi connectivity index (χ3n) is 2.54. The normalized spacial score (nSPS) is 9.70. The molecule has 0 aliphatic rings. The Balaban J connectivity index is 2.53. The molecule has 6 heteroatoms. The fourth-order valence-electron chi connectivity index (χ4n) is 1.44. The monoisotopic (exact) mass is 277 g/mol. The molecule has 3 N–H and O–H groups in total. The van der Waals surface area contributed by atoms with Crippen molar-refractivity contribution in [1.29, 1.82) is 0 Å². The molecule has 0 aliphatic carbocycles. The fraction of sp³-hybridized carbons (Fsp3) is 0.357. The number of hydrogen-bond acceptors (Lipinski definition) is 3.